The van der Waals surface area contributed by atoms with Gasteiger partial charge in [0, 0.05) is 6.21 Å². The number of allylic oxidation sites excluding steroid dienone is 1. The van der Waals surface area contributed by atoms with Gasteiger partial charge in [-0.05, 0) is 54.0 Å². The molecule has 29 heavy (non-hydrogen) atoms. The zero-order valence-corrected chi connectivity index (χ0v) is 15.6. The van der Waals surface area contributed by atoms with Gasteiger partial charge < -0.3 is 0 Å². The molecule has 1 aliphatic rings. The van der Waals surface area contributed by atoms with Crippen molar-refractivity contribution in [3.8, 4) is 11.1 Å². The lowest BCUT2D eigenvalue weighted by Gasteiger charge is -2.21. The molecule has 2 unspecified atom stereocenters. The summed E-state index contributed by atoms with van der Waals surface area (Å²) >= 11 is 0. The standard InChI is InChI=1S/C22H19F6N/c1-2-13-3-8-20(29-12-13)15-6-4-14(5-7-15)16-9-17(23)21(18(24)10-16)19(25)11-22(26,27)28/h4-7,9-13,20H,2-3,8H2,1H3/b19-11-. The number of halogens is 6. The maximum Gasteiger partial charge on any atom is 0.412 e. The minimum absolute atomic E-state index is 0.0318. The van der Waals surface area contributed by atoms with Crippen LogP contribution in [0.4, 0.5) is 26.3 Å². The van der Waals surface area contributed by atoms with Crippen molar-refractivity contribution >= 4 is 12.0 Å². The van der Waals surface area contributed by atoms with Gasteiger partial charge in [-0.3, -0.25) is 4.99 Å². The Morgan fingerprint density at radius 3 is 2.14 bits per heavy atom. The van der Waals surface area contributed by atoms with Gasteiger partial charge in [0.25, 0.3) is 0 Å². The molecule has 0 spiro atoms. The van der Waals surface area contributed by atoms with Crippen molar-refractivity contribution in [3.05, 3.63) is 65.2 Å². The fourth-order valence-corrected chi connectivity index (χ4v) is 3.39. The van der Waals surface area contributed by atoms with Crippen LogP contribution in [0.2, 0.25) is 0 Å². The smallest absolute Gasteiger partial charge is 0.289 e. The molecule has 154 valence electrons. The fraction of sp³-hybridized carbons (Fsp3) is 0.318. The highest BCUT2D eigenvalue weighted by molar-refractivity contribution is 5.69. The topological polar surface area (TPSA) is 12.4 Å². The predicted molar refractivity (Wildman–Crippen MR) is 101 cm³/mol. The maximum atomic E-state index is 14.2. The first-order valence-electron chi connectivity index (χ1n) is 9.26. The molecule has 0 bridgehead atoms. The molecule has 1 nitrogen and oxygen atoms in total. The van der Waals surface area contributed by atoms with Crippen LogP contribution in [0, 0.1) is 17.6 Å². The summed E-state index contributed by atoms with van der Waals surface area (Å²) in [7, 11) is 0. The summed E-state index contributed by atoms with van der Waals surface area (Å²) in [6.45, 7) is 2.11. The van der Waals surface area contributed by atoms with Crippen LogP contribution in [0.5, 0.6) is 0 Å². The summed E-state index contributed by atoms with van der Waals surface area (Å²) in [5.74, 6) is -4.31. The van der Waals surface area contributed by atoms with Gasteiger partial charge in [-0.1, -0.05) is 31.2 Å². The lowest BCUT2D eigenvalue weighted by molar-refractivity contribution is -0.0798. The number of nitrogens with zero attached hydrogens (tertiary/aromatic N) is 1. The highest BCUT2D eigenvalue weighted by Crippen LogP contribution is 2.34. The average Bonchev–Trinajstić information content (AvgIpc) is 2.66. The van der Waals surface area contributed by atoms with Crippen LogP contribution < -0.4 is 0 Å². The van der Waals surface area contributed by atoms with E-state index in [4.69, 9.17) is 0 Å². The third-order valence-corrected chi connectivity index (χ3v) is 5.01. The molecule has 2 atom stereocenters. The molecule has 0 amide bonds. The number of benzene rings is 2. The first-order valence-corrected chi connectivity index (χ1v) is 9.26. The second-order valence-electron chi connectivity index (χ2n) is 7.03. The van der Waals surface area contributed by atoms with E-state index in [0.29, 0.717) is 11.5 Å². The maximum absolute atomic E-state index is 14.2. The normalized spacial score (nSPS) is 20.2. The molecule has 7 heteroatoms. The van der Waals surface area contributed by atoms with Crippen molar-refractivity contribution in [2.45, 2.75) is 38.4 Å². The summed E-state index contributed by atoms with van der Waals surface area (Å²) in [6.07, 6.45) is -0.818. The molecular weight excluding hydrogens is 392 g/mol. The molecule has 2 aromatic carbocycles. The van der Waals surface area contributed by atoms with Crippen LogP contribution in [0.25, 0.3) is 17.0 Å². The highest BCUT2D eigenvalue weighted by Gasteiger charge is 2.28. The van der Waals surface area contributed by atoms with E-state index in [2.05, 4.69) is 11.9 Å². The van der Waals surface area contributed by atoms with Gasteiger partial charge in [0.15, 0.2) is 0 Å². The van der Waals surface area contributed by atoms with Crippen molar-refractivity contribution in [2.24, 2.45) is 10.9 Å². The molecular formula is C22H19F6N. The van der Waals surface area contributed by atoms with E-state index < -0.39 is 35.3 Å². The highest BCUT2D eigenvalue weighted by atomic mass is 19.4. The van der Waals surface area contributed by atoms with E-state index >= 15 is 0 Å². The van der Waals surface area contributed by atoms with Gasteiger partial charge in [0.2, 0.25) is 0 Å². The zero-order valence-electron chi connectivity index (χ0n) is 15.6. The Hall–Kier alpha value is -2.57. The summed E-state index contributed by atoms with van der Waals surface area (Å²) in [5.41, 5.74) is 0.207. The minimum atomic E-state index is -5.02. The molecule has 0 aromatic heterocycles. The first kappa shape index (κ1) is 21.1. The van der Waals surface area contributed by atoms with Crippen LogP contribution in [0.15, 0.2) is 47.5 Å². The first-order chi connectivity index (χ1) is 13.7. The van der Waals surface area contributed by atoms with Crippen LogP contribution in [0.1, 0.15) is 43.4 Å². The van der Waals surface area contributed by atoms with E-state index in [1.165, 1.54) is 0 Å². The summed E-state index contributed by atoms with van der Waals surface area (Å²) in [4.78, 5) is 4.56. The number of rotatable bonds is 4. The Kier molecular flexibility index (Phi) is 6.15. The largest absolute Gasteiger partial charge is 0.412 e. The Morgan fingerprint density at radius 2 is 1.66 bits per heavy atom. The van der Waals surface area contributed by atoms with Crippen molar-refractivity contribution in [1.82, 2.24) is 0 Å². The summed E-state index contributed by atoms with van der Waals surface area (Å²) < 4.78 is 78.7. The monoisotopic (exact) mass is 411 g/mol. The van der Waals surface area contributed by atoms with Gasteiger partial charge in [0.05, 0.1) is 17.7 Å². The minimum Gasteiger partial charge on any atom is -0.289 e. The number of hydrogen-bond donors (Lipinski definition) is 0. The van der Waals surface area contributed by atoms with E-state index in [-0.39, 0.29) is 11.6 Å². The Labute approximate surface area is 164 Å². The second kappa shape index (κ2) is 8.43. The predicted octanol–water partition coefficient (Wildman–Crippen LogP) is 7.44. The van der Waals surface area contributed by atoms with Crippen LogP contribution in [0.3, 0.4) is 0 Å². The molecule has 0 aliphatic carbocycles. The quantitative estimate of drug-likeness (QED) is 0.464. The van der Waals surface area contributed by atoms with Gasteiger partial charge in [-0.2, -0.15) is 13.2 Å². The summed E-state index contributed by atoms with van der Waals surface area (Å²) in [5, 5.41) is 0. The Morgan fingerprint density at radius 1 is 1.03 bits per heavy atom. The van der Waals surface area contributed by atoms with Gasteiger partial charge in [0.1, 0.15) is 17.5 Å². The molecule has 2 aromatic rings. The molecule has 1 aliphatic heterocycles. The third-order valence-electron chi connectivity index (χ3n) is 5.01. The van der Waals surface area contributed by atoms with Crippen molar-refractivity contribution < 1.29 is 26.3 Å². The number of aliphatic imine (C=N–C) groups is 1. The molecule has 3 rings (SSSR count). The zero-order chi connectivity index (χ0) is 21.2. The van der Waals surface area contributed by atoms with Crippen LogP contribution in [-0.2, 0) is 0 Å². The summed E-state index contributed by atoms with van der Waals surface area (Å²) in [6, 6.07) is 8.60. The van der Waals surface area contributed by atoms with Crippen LogP contribution in [-0.4, -0.2) is 12.4 Å². The van der Waals surface area contributed by atoms with Crippen molar-refractivity contribution in [1.29, 1.82) is 0 Å². The molecule has 1 heterocycles. The SMILES string of the molecule is CCC1C=NC(c2ccc(-c3cc(F)c(/C(F)=C/C(F)(F)F)c(F)c3)cc2)CC1. The lowest BCUT2D eigenvalue weighted by Crippen LogP contribution is -2.10. The van der Waals surface area contributed by atoms with E-state index in [1.54, 1.807) is 24.3 Å². The van der Waals surface area contributed by atoms with Crippen LogP contribution >= 0.6 is 0 Å². The Balaban J connectivity index is 1.86. The molecule has 0 radical (unpaired) electrons. The third kappa shape index (κ3) is 5.08. The molecule has 0 saturated carbocycles. The fourth-order valence-electron chi connectivity index (χ4n) is 3.39. The average molecular weight is 411 g/mol. The molecule has 0 N–H and O–H groups in total. The van der Waals surface area contributed by atoms with E-state index in [0.717, 1.165) is 37.0 Å². The number of hydrogen-bond acceptors (Lipinski definition) is 1. The molecule has 0 saturated heterocycles. The van der Waals surface area contributed by atoms with Crippen molar-refractivity contribution in [3.63, 3.8) is 0 Å². The van der Waals surface area contributed by atoms with Gasteiger partial charge >= 0.3 is 6.18 Å². The van der Waals surface area contributed by atoms with E-state index in [1.807, 2.05) is 6.21 Å². The lowest BCUT2D eigenvalue weighted by atomic mass is 9.91. The van der Waals surface area contributed by atoms with Gasteiger partial charge in [-0.25, -0.2) is 13.2 Å². The second-order valence-corrected chi connectivity index (χ2v) is 7.03. The Bertz CT molecular complexity index is 904. The molecule has 0 fully saturated rings. The number of alkyl halides is 3. The van der Waals surface area contributed by atoms with Gasteiger partial charge in [-0.15, -0.1) is 0 Å². The van der Waals surface area contributed by atoms with Crippen molar-refractivity contribution in [2.75, 3.05) is 0 Å². The van der Waals surface area contributed by atoms with E-state index in [9.17, 15) is 26.3 Å².